The molecule has 1 aliphatic rings. The standard InChI is InChI=1S/C20H20Cl2N2O4/c21-15-7-4-8-16(22)18(15)28-12-14(25)11-24-19(26)17(23-20(24)27)10-9-13-5-2-1-3-6-13/h1-8,14,17,25H,9-12H2,(H,23,27). The molecule has 0 bridgehead atoms. The lowest BCUT2D eigenvalue weighted by atomic mass is 10.1. The highest BCUT2D eigenvalue weighted by Gasteiger charge is 2.38. The first-order chi connectivity index (χ1) is 13.5. The summed E-state index contributed by atoms with van der Waals surface area (Å²) in [5, 5.41) is 13.5. The molecule has 1 aliphatic heterocycles. The van der Waals surface area contributed by atoms with Crippen LogP contribution in [-0.2, 0) is 11.2 Å². The third-order valence-electron chi connectivity index (χ3n) is 4.40. The lowest BCUT2D eigenvalue weighted by molar-refractivity contribution is -0.128. The van der Waals surface area contributed by atoms with E-state index in [0.29, 0.717) is 22.9 Å². The third-order valence-corrected chi connectivity index (χ3v) is 5.00. The number of urea groups is 1. The molecule has 2 N–H and O–H groups in total. The number of imide groups is 1. The fraction of sp³-hybridized carbons (Fsp3) is 0.300. The number of hydrogen-bond acceptors (Lipinski definition) is 4. The third kappa shape index (κ3) is 4.95. The first-order valence-corrected chi connectivity index (χ1v) is 9.62. The summed E-state index contributed by atoms with van der Waals surface area (Å²) in [4.78, 5) is 25.6. The van der Waals surface area contributed by atoms with Gasteiger partial charge >= 0.3 is 6.03 Å². The zero-order valence-corrected chi connectivity index (χ0v) is 16.5. The van der Waals surface area contributed by atoms with Crippen molar-refractivity contribution in [3.05, 3.63) is 64.1 Å². The number of hydrogen-bond donors (Lipinski definition) is 2. The van der Waals surface area contributed by atoms with Crippen molar-refractivity contribution in [3.8, 4) is 5.75 Å². The molecule has 3 amide bonds. The maximum atomic E-state index is 12.5. The van der Waals surface area contributed by atoms with Crippen LogP contribution in [0.2, 0.25) is 10.0 Å². The molecule has 0 radical (unpaired) electrons. The molecule has 2 aromatic carbocycles. The predicted molar refractivity (Wildman–Crippen MR) is 107 cm³/mol. The predicted octanol–water partition coefficient (Wildman–Crippen LogP) is 3.29. The molecular weight excluding hydrogens is 403 g/mol. The van der Waals surface area contributed by atoms with Crippen molar-refractivity contribution in [3.63, 3.8) is 0 Å². The Hall–Kier alpha value is -2.28. The fourth-order valence-electron chi connectivity index (χ4n) is 2.96. The second-order valence-corrected chi connectivity index (χ2v) is 7.31. The minimum absolute atomic E-state index is 0.158. The molecular formula is C20H20Cl2N2O4. The topological polar surface area (TPSA) is 78.9 Å². The van der Waals surface area contributed by atoms with Crippen molar-refractivity contribution >= 4 is 35.1 Å². The molecule has 1 heterocycles. The van der Waals surface area contributed by atoms with Crippen molar-refractivity contribution < 1.29 is 19.4 Å². The van der Waals surface area contributed by atoms with Crippen molar-refractivity contribution in [1.29, 1.82) is 0 Å². The molecule has 2 unspecified atom stereocenters. The summed E-state index contributed by atoms with van der Waals surface area (Å²) in [6.07, 6.45) is 0.0875. The van der Waals surface area contributed by atoms with Gasteiger partial charge in [-0.1, -0.05) is 59.6 Å². The van der Waals surface area contributed by atoms with E-state index in [1.807, 2.05) is 30.3 Å². The second kappa shape index (κ2) is 9.28. The van der Waals surface area contributed by atoms with Gasteiger partial charge in [-0.3, -0.25) is 9.69 Å². The highest BCUT2D eigenvalue weighted by atomic mass is 35.5. The highest BCUT2D eigenvalue weighted by Crippen LogP contribution is 2.32. The molecule has 0 aliphatic carbocycles. The Morgan fingerprint density at radius 1 is 1.07 bits per heavy atom. The summed E-state index contributed by atoms with van der Waals surface area (Å²) in [5.41, 5.74) is 1.09. The van der Waals surface area contributed by atoms with Crippen LogP contribution in [0.5, 0.6) is 5.75 Å². The number of amides is 3. The van der Waals surface area contributed by atoms with E-state index in [9.17, 15) is 14.7 Å². The summed E-state index contributed by atoms with van der Waals surface area (Å²) in [6, 6.07) is 13.5. The molecule has 28 heavy (non-hydrogen) atoms. The van der Waals surface area contributed by atoms with Crippen LogP contribution < -0.4 is 10.1 Å². The van der Waals surface area contributed by atoms with Gasteiger partial charge in [0.05, 0.1) is 16.6 Å². The number of aliphatic hydroxyl groups is 1. The SMILES string of the molecule is O=C1NC(CCc2ccccc2)C(=O)N1CC(O)COc1c(Cl)cccc1Cl. The minimum atomic E-state index is -1.07. The van der Waals surface area contributed by atoms with Gasteiger partial charge in [0.15, 0.2) is 5.75 Å². The maximum absolute atomic E-state index is 12.5. The van der Waals surface area contributed by atoms with E-state index in [-0.39, 0.29) is 24.8 Å². The molecule has 0 aromatic heterocycles. The number of carbonyl (C=O) groups excluding carboxylic acids is 2. The molecule has 8 heteroatoms. The Bertz CT molecular complexity index is 827. The zero-order valence-electron chi connectivity index (χ0n) is 15.0. The summed E-state index contributed by atoms with van der Waals surface area (Å²) in [6.45, 7) is -0.330. The number of β-amino-alcohol motifs (C(OH)–C–C–N with tert-alkyl or cyclic N) is 1. The lowest BCUT2D eigenvalue weighted by Crippen LogP contribution is -2.40. The van der Waals surface area contributed by atoms with Gasteiger partial charge in [0.2, 0.25) is 0 Å². The van der Waals surface area contributed by atoms with Crippen LogP contribution in [0.1, 0.15) is 12.0 Å². The summed E-state index contributed by atoms with van der Waals surface area (Å²) >= 11 is 12.0. The average molecular weight is 423 g/mol. The van der Waals surface area contributed by atoms with Gasteiger partial charge in [-0.05, 0) is 30.5 Å². The number of benzene rings is 2. The van der Waals surface area contributed by atoms with E-state index in [2.05, 4.69) is 5.32 Å². The molecule has 0 spiro atoms. The zero-order chi connectivity index (χ0) is 20.1. The Labute approximate surface area is 173 Å². The van der Waals surface area contributed by atoms with E-state index < -0.39 is 18.2 Å². The van der Waals surface area contributed by atoms with Crippen molar-refractivity contribution in [1.82, 2.24) is 10.2 Å². The van der Waals surface area contributed by atoms with Gasteiger partial charge in [0.1, 0.15) is 18.8 Å². The van der Waals surface area contributed by atoms with Crippen LogP contribution >= 0.6 is 23.2 Å². The number of para-hydroxylation sites is 1. The molecule has 0 saturated carbocycles. The molecule has 1 saturated heterocycles. The monoisotopic (exact) mass is 422 g/mol. The van der Waals surface area contributed by atoms with E-state index in [1.165, 1.54) is 0 Å². The van der Waals surface area contributed by atoms with Crippen LogP contribution in [-0.4, -0.2) is 47.2 Å². The number of aryl methyl sites for hydroxylation is 1. The van der Waals surface area contributed by atoms with Crippen LogP contribution in [0.25, 0.3) is 0 Å². The number of aliphatic hydroxyl groups excluding tert-OH is 1. The van der Waals surface area contributed by atoms with Gasteiger partial charge in [0, 0.05) is 0 Å². The van der Waals surface area contributed by atoms with Gasteiger partial charge in [-0.25, -0.2) is 4.79 Å². The first kappa shape index (κ1) is 20.5. The fourth-order valence-corrected chi connectivity index (χ4v) is 3.47. The number of nitrogens with zero attached hydrogens (tertiary/aromatic N) is 1. The van der Waals surface area contributed by atoms with Gasteiger partial charge < -0.3 is 15.2 Å². The van der Waals surface area contributed by atoms with Gasteiger partial charge in [0.25, 0.3) is 5.91 Å². The quantitative estimate of drug-likeness (QED) is 0.639. The normalized spacial score (nSPS) is 17.5. The molecule has 1 fully saturated rings. The maximum Gasteiger partial charge on any atom is 0.324 e. The van der Waals surface area contributed by atoms with E-state index in [0.717, 1.165) is 10.5 Å². The molecule has 2 aromatic rings. The van der Waals surface area contributed by atoms with Gasteiger partial charge in [-0.2, -0.15) is 0 Å². The summed E-state index contributed by atoms with van der Waals surface area (Å²) in [7, 11) is 0. The summed E-state index contributed by atoms with van der Waals surface area (Å²) in [5.74, 6) is -0.0985. The minimum Gasteiger partial charge on any atom is -0.488 e. The number of ether oxygens (including phenoxy) is 1. The van der Waals surface area contributed by atoms with Crippen molar-refractivity contribution in [2.45, 2.75) is 25.0 Å². The van der Waals surface area contributed by atoms with Crippen LogP contribution in [0.3, 0.4) is 0 Å². The Morgan fingerprint density at radius 2 is 1.75 bits per heavy atom. The lowest BCUT2D eigenvalue weighted by Gasteiger charge is -2.19. The number of carbonyl (C=O) groups is 2. The summed E-state index contributed by atoms with van der Waals surface area (Å²) < 4.78 is 5.46. The first-order valence-electron chi connectivity index (χ1n) is 8.86. The van der Waals surface area contributed by atoms with Crippen LogP contribution in [0.4, 0.5) is 4.79 Å². The van der Waals surface area contributed by atoms with Crippen molar-refractivity contribution in [2.24, 2.45) is 0 Å². The Kier molecular flexibility index (Phi) is 6.78. The molecule has 6 nitrogen and oxygen atoms in total. The smallest absolute Gasteiger partial charge is 0.324 e. The number of nitrogens with one attached hydrogen (secondary N) is 1. The van der Waals surface area contributed by atoms with Crippen LogP contribution in [0, 0.1) is 0 Å². The largest absolute Gasteiger partial charge is 0.488 e. The van der Waals surface area contributed by atoms with Crippen molar-refractivity contribution in [2.75, 3.05) is 13.2 Å². The highest BCUT2D eigenvalue weighted by molar-refractivity contribution is 6.37. The van der Waals surface area contributed by atoms with E-state index in [4.69, 9.17) is 27.9 Å². The Morgan fingerprint density at radius 3 is 2.43 bits per heavy atom. The second-order valence-electron chi connectivity index (χ2n) is 6.49. The average Bonchev–Trinajstić information content (AvgIpc) is 2.94. The van der Waals surface area contributed by atoms with Gasteiger partial charge in [-0.15, -0.1) is 0 Å². The molecule has 2 atom stereocenters. The van der Waals surface area contributed by atoms with E-state index >= 15 is 0 Å². The van der Waals surface area contributed by atoms with E-state index in [1.54, 1.807) is 18.2 Å². The Balaban J connectivity index is 1.52. The number of halogens is 2. The molecule has 148 valence electrons. The number of rotatable bonds is 8. The van der Waals surface area contributed by atoms with Crippen LogP contribution in [0.15, 0.2) is 48.5 Å². The molecule has 3 rings (SSSR count).